The Balaban J connectivity index is 2.00. The average molecular weight is 422 g/mol. The van der Waals surface area contributed by atoms with E-state index in [0.717, 1.165) is 9.01 Å². The largest absolute Gasteiger partial charge is 0.493 e. The summed E-state index contributed by atoms with van der Waals surface area (Å²) in [4.78, 5) is 12.0. The predicted molar refractivity (Wildman–Crippen MR) is 106 cm³/mol. The first-order valence-electron chi connectivity index (χ1n) is 8.00. The first kappa shape index (κ1) is 19.9. The smallest absolute Gasteiger partial charge is 0.284 e. The molecule has 0 saturated carbocycles. The van der Waals surface area contributed by atoms with E-state index in [9.17, 15) is 13.2 Å². The third-order valence-electron chi connectivity index (χ3n) is 4.20. The number of anilines is 1. The molecule has 2 N–H and O–H groups in total. The molecule has 0 unspecified atom stereocenters. The van der Waals surface area contributed by atoms with Crippen LogP contribution in [0.1, 0.15) is 9.67 Å². The molecule has 1 aromatic heterocycles. The van der Waals surface area contributed by atoms with Crippen LogP contribution in [-0.4, -0.2) is 40.8 Å². The molecule has 3 aromatic rings. The van der Waals surface area contributed by atoms with Gasteiger partial charge in [0.2, 0.25) is 0 Å². The van der Waals surface area contributed by atoms with Crippen LogP contribution in [0.2, 0.25) is 0 Å². The number of hydrogen-bond donors (Lipinski definition) is 2. The Labute approximate surface area is 165 Å². The van der Waals surface area contributed by atoms with Crippen molar-refractivity contribution < 1.29 is 27.9 Å². The van der Waals surface area contributed by atoms with Crippen molar-refractivity contribution >= 4 is 43.0 Å². The van der Waals surface area contributed by atoms with Crippen molar-refractivity contribution in [2.45, 2.75) is 4.90 Å². The minimum absolute atomic E-state index is 0.0541. The van der Waals surface area contributed by atoms with Crippen molar-refractivity contribution in [2.75, 3.05) is 25.6 Å². The van der Waals surface area contributed by atoms with Gasteiger partial charge in [0.15, 0.2) is 11.5 Å². The number of hydroxylamine groups is 1. The van der Waals surface area contributed by atoms with E-state index in [1.807, 2.05) is 0 Å². The maximum atomic E-state index is 13.0. The lowest BCUT2D eigenvalue weighted by molar-refractivity contribution is 0.0711. The van der Waals surface area contributed by atoms with Crippen LogP contribution >= 0.6 is 11.3 Å². The van der Waals surface area contributed by atoms with Crippen LogP contribution in [0, 0.1) is 0 Å². The number of carbonyl (C=O) groups excluding carboxylic acids is 1. The van der Waals surface area contributed by atoms with Crippen LogP contribution in [0.15, 0.2) is 47.4 Å². The molecular formula is C18H18N2O6S2. The molecule has 8 nitrogen and oxygen atoms in total. The Kier molecular flexibility index (Phi) is 5.45. The summed E-state index contributed by atoms with van der Waals surface area (Å²) < 4.78 is 38.3. The van der Waals surface area contributed by atoms with Gasteiger partial charge in [0, 0.05) is 17.8 Å². The summed E-state index contributed by atoms with van der Waals surface area (Å²) in [6.07, 6.45) is 0. The van der Waals surface area contributed by atoms with Crippen LogP contribution in [0.25, 0.3) is 10.1 Å². The normalized spacial score (nSPS) is 11.3. The molecule has 0 radical (unpaired) electrons. The monoisotopic (exact) mass is 422 g/mol. The van der Waals surface area contributed by atoms with Gasteiger partial charge in [0.25, 0.3) is 15.9 Å². The van der Waals surface area contributed by atoms with E-state index in [1.165, 1.54) is 50.8 Å². The lowest BCUT2D eigenvalue weighted by Crippen LogP contribution is -2.26. The second kappa shape index (κ2) is 7.66. The minimum atomic E-state index is -3.85. The second-order valence-electron chi connectivity index (χ2n) is 5.76. The van der Waals surface area contributed by atoms with Crippen LogP contribution in [-0.2, 0) is 10.0 Å². The zero-order chi connectivity index (χ0) is 20.5. The lowest BCUT2D eigenvalue weighted by Gasteiger charge is -2.20. The van der Waals surface area contributed by atoms with Crippen LogP contribution in [0.5, 0.6) is 11.5 Å². The number of sulfonamides is 1. The van der Waals surface area contributed by atoms with E-state index >= 15 is 0 Å². The summed E-state index contributed by atoms with van der Waals surface area (Å²) in [6, 6.07) is 11.0. The van der Waals surface area contributed by atoms with E-state index < -0.39 is 15.9 Å². The molecule has 0 atom stereocenters. The Morgan fingerprint density at radius 3 is 2.43 bits per heavy atom. The molecule has 0 fully saturated rings. The van der Waals surface area contributed by atoms with Gasteiger partial charge in [-0.3, -0.25) is 14.3 Å². The van der Waals surface area contributed by atoms with E-state index in [1.54, 1.807) is 29.7 Å². The van der Waals surface area contributed by atoms with Gasteiger partial charge in [-0.25, -0.2) is 13.9 Å². The minimum Gasteiger partial charge on any atom is -0.493 e. The quantitative estimate of drug-likeness (QED) is 0.467. The fourth-order valence-corrected chi connectivity index (χ4v) is 4.80. The fraction of sp³-hybridized carbons (Fsp3) is 0.167. The van der Waals surface area contributed by atoms with Gasteiger partial charge < -0.3 is 9.47 Å². The molecule has 0 aliphatic carbocycles. The molecule has 3 rings (SSSR count). The molecule has 1 amide bonds. The molecule has 28 heavy (non-hydrogen) atoms. The molecule has 1 heterocycles. The highest BCUT2D eigenvalue weighted by Crippen LogP contribution is 2.33. The number of carbonyl (C=O) groups is 1. The predicted octanol–water partition coefficient (Wildman–Crippen LogP) is 2.86. The zero-order valence-electron chi connectivity index (χ0n) is 15.3. The third-order valence-corrected chi connectivity index (χ3v) is 7.10. The van der Waals surface area contributed by atoms with Crippen LogP contribution in [0.4, 0.5) is 5.69 Å². The number of nitrogens with one attached hydrogen (secondary N) is 1. The number of nitrogens with zero attached hydrogens (tertiary/aromatic N) is 1. The van der Waals surface area contributed by atoms with Crippen molar-refractivity contribution in [1.82, 2.24) is 5.48 Å². The SMILES string of the molecule is COc1ccc(S(=O)(=O)N(C)c2ccc3sc(C(=O)NO)cc3c2)cc1OC. The van der Waals surface area contributed by atoms with Gasteiger partial charge >= 0.3 is 0 Å². The lowest BCUT2D eigenvalue weighted by atomic mass is 10.2. The third kappa shape index (κ3) is 3.49. The van der Waals surface area contributed by atoms with Crippen molar-refractivity contribution in [3.05, 3.63) is 47.3 Å². The number of methoxy groups -OCH3 is 2. The molecule has 0 aliphatic rings. The van der Waals surface area contributed by atoms with Crippen molar-refractivity contribution in [3.8, 4) is 11.5 Å². The standard InChI is InChI=1S/C18H18N2O6S2/c1-20(28(23,24)13-5-6-14(25-2)15(10-13)26-3)12-4-7-16-11(8-12)9-17(27-16)18(21)19-22/h4-10,22H,1-3H3,(H,19,21). The van der Waals surface area contributed by atoms with E-state index in [-0.39, 0.29) is 4.90 Å². The average Bonchev–Trinajstić information content (AvgIpc) is 3.15. The van der Waals surface area contributed by atoms with Crippen molar-refractivity contribution in [2.24, 2.45) is 0 Å². The first-order valence-corrected chi connectivity index (χ1v) is 10.3. The number of ether oxygens (including phenoxy) is 2. The van der Waals surface area contributed by atoms with Gasteiger partial charge in [0.1, 0.15) is 0 Å². The Morgan fingerprint density at radius 2 is 1.79 bits per heavy atom. The highest BCUT2D eigenvalue weighted by Gasteiger charge is 2.23. The van der Waals surface area contributed by atoms with Gasteiger partial charge in [-0.05, 0) is 41.8 Å². The molecule has 10 heteroatoms. The number of benzene rings is 2. The Bertz CT molecular complexity index is 1140. The van der Waals surface area contributed by atoms with Gasteiger partial charge in [-0.1, -0.05) is 0 Å². The Morgan fingerprint density at radius 1 is 1.07 bits per heavy atom. The van der Waals surface area contributed by atoms with Crippen LogP contribution < -0.4 is 19.3 Å². The number of amides is 1. The van der Waals surface area contributed by atoms with Gasteiger partial charge in [-0.2, -0.15) is 0 Å². The number of fused-ring (bicyclic) bond motifs is 1. The molecule has 2 aromatic carbocycles. The number of thiophene rings is 1. The molecule has 0 bridgehead atoms. The van der Waals surface area contributed by atoms with E-state index in [4.69, 9.17) is 14.7 Å². The summed E-state index contributed by atoms with van der Waals surface area (Å²) in [5, 5.41) is 9.46. The van der Waals surface area contributed by atoms with Crippen LogP contribution in [0.3, 0.4) is 0 Å². The topological polar surface area (TPSA) is 105 Å². The van der Waals surface area contributed by atoms with E-state index in [0.29, 0.717) is 27.4 Å². The molecular weight excluding hydrogens is 404 g/mol. The van der Waals surface area contributed by atoms with Gasteiger partial charge in [0.05, 0.1) is 29.7 Å². The second-order valence-corrected chi connectivity index (χ2v) is 8.82. The first-order chi connectivity index (χ1) is 13.3. The summed E-state index contributed by atoms with van der Waals surface area (Å²) in [5.41, 5.74) is 2.02. The number of rotatable bonds is 6. The molecule has 0 spiro atoms. The highest BCUT2D eigenvalue weighted by atomic mass is 32.2. The number of hydrogen-bond acceptors (Lipinski definition) is 7. The van der Waals surface area contributed by atoms with Gasteiger partial charge in [-0.15, -0.1) is 11.3 Å². The Hall–Kier alpha value is -2.82. The van der Waals surface area contributed by atoms with Crippen molar-refractivity contribution in [1.29, 1.82) is 0 Å². The fourth-order valence-electron chi connectivity index (χ4n) is 2.67. The highest BCUT2D eigenvalue weighted by molar-refractivity contribution is 7.92. The summed E-state index contributed by atoms with van der Waals surface area (Å²) in [6.45, 7) is 0. The maximum absolute atomic E-state index is 13.0. The molecule has 0 aliphatic heterocycles. The maximum Gasteiger partial charge on any atom is 0.284 e. The zero-order valence-corrected chi connectivity index (χ0v) is 16.9. The van der Waals surface area contributed by atoms with E-state index in [2.05, 4.69) is 0 Å². The molecule has 0 saturated heterocycles. The summed E-state index contributed by atoms with van der Waals surface area (Å²) >= 11 is 1.19. The molecule has 148 valence electrons. The summed E-state index contributed by atoms with van der Waals surface area (Å²) in [5.74, 6) is 0.123. The van der Waals surface area contributed by atoms with Crippen molar-refractivity contribution in [3.63, 3.8) is 0 Å². The summed E-state index contributed by atoms with van der Waals surface area (Å²) in [7, 11) is 0.500.